The Bertz CT molecular complexity index is 254. The molecule has 0 bridgehead atoms. The average molecular weight is 272 g/mol. The van der Waals surface area contributed by atoms with Gasteiger partial charge in [-0.15, -0.1) is 0 Å². The lowest BCUT2D eigenvalue weighted by atomic mass is 10.1. The Morgan fingerprint density at radius 1 is 1.28 bits per heavy atom. The van der Waals surface area contributed by atoms with Crippen molar-refractivity contribution in [1.82, 2.24) is 16.0 Å². The quantitative estimate of drug-likeness (QED) is 0.403. The number of thioether (sulfide) groups is 1. The van der Waals surface area contributed by atoms with E-state index in [0.29, 0.717) is 0 Å². The van der Waals surface area contributed by atoms with Gasteiger partial charge in [0.25, 0.3) is 0 Å². The molecule has 3 N–H and O–H groups in total. The average Bonchev–Trinajstić information content (AvgIpc) is 2.79. The van der Waals surface area contributed by atoms with Gasteiger partial charge in [-0.1, -0.05) is 0 Å². The highest BCUT2D eigenvalue weighted by molar-refractivity contribution is 8.00. The summed E-state index contributed by atoms with van der Waals surface area (Å²) in [4.78, 5) is 4.24. The zero-order valence-corrected chi connectivity index (χ0v) is 13.0. The maximum absolute atomic E-state index is 4.24. The molecule has 0 aromatic rings. The van der Waals surface area contributed by atoms with Crippen LogP contribution in [0.3, 0.4) is 0 Å². The summed E-state index contributed by atoms with van der Waals surface area (Å²) in [7, 11) is 1.83. The van der Waals surface area contributed by atoms with Crippen LogP contribution in [0.25, 0.3) is 0 Å². The molecule has 1 fully saturated rings. The molecule has 1 heterocycles. The summed E-state index contributed by atoms with van der Waals surface area (Å²) in [6, 6.07) is 0. The van der Waals surface area contributed by atoms with E-state index in [-0.39, 0.29) is 5.54 Å². The summed E-state index contributed by atoms with van der Waals surface area (Å²) in [6.45, 7) is 9.40. The largest absolute Gasteiger partial charge is 0.355 e. The third kappa shape index (κ3) is 7.11. The van der Waals surface area contributed by atoms with Crippen LogP contribution in [0.4, 0.5) is 0 Å². The monoisotopic (exact) mass is 272 g/mol. The Morgan fingerprint density at radius 2 is 2.06 bits per heavy atom. The van der Waals surface area contributed by atoms with E-state index >= 15 is 0 Å². The Labute approximate surface area is 116 Å². The van der Waals surface area contributed by atoms with Gasteiger partial charge in [-0.05, 0) is 39.4 Å². The Balaban J connectivity index is 2.10. The molecule has 1 unspecified atom stereocenters. The van der Waals surface area contributed by atoms with E-state index in [9.17, 15) is 0 Å². The second kappa shape index (κ2) is 7.89. The fourth-order valence-corrected chi connectivity index (χ4v) is 3.06. The normalized spacial score (nSPS) is 21.1. The molecule has 106 valence electrons. The van der Waals surface area contributed by atoms with Crippen molar-refractivity contribution in [3.63, 3.8) is 0 Å². The summed E-state index contributed by atoms with van der Waals surface area (Å²) >= 11 is 2.07. The summed E-state index contributed by atoms with van der Waals surface area (Å²) < 4.78 is 0. The molecule has 0 saturated carbocycles. The van der Waals surface area contributed by atoms with Crippen molar-refractivity contribution < 1.29 is 0 Å². The highest BCUT2D eigenvalue weighted by atomic mass is 32.2. The number of guanidine groups is 1. The van der Waals surface area contributed by atoms with Crippen molar-refractivity contribution in [2.24, 2.45) is 4.99 Å². The minimum atomic E-state index is 0.180. The fraction of sp³-hybridized carbons (Fsp3) is 0.923. The standard InChI is InChI=1S/C13H28N4S/c1-13(2,3)17-8-7-15-12(14-4)16-10-11-6-5-9-18-11/h11,17H,5-10H2,1-4H3,(H2,14,15,16). The van der Waals surface area contributed by atoms with E-state index in [2.05, 4.69) is 53.5 Å². The van der Waals surface area contributed by atoms with E-state index in [1.165, 1.54) is 18.6 Å². The molecule has 1 saturated heterocycles. The van der Waals surface area contributed by atoms with Crippen LogP contribution >= 0.6 is 11.8 Å². The van der Waals surface area contributed by atoms with Crippen LogP contribution < -0.4 is 16.0 Å². The minimum Gasteiger partial charge on any atom is -0.355 e. The maximum Gasteiger partial charge on any atom is 0.191 e. The molecule has 0 aromatic carbocycles. The minimum absolute atomic E-state index is 0.180. The van der Waals surface area contributed by atoms with E-state index < -0.39 is 0 Å². The smallest absolute Gasteiger partial charge is 0.191 e. The van der Waals surface area contributed by atoms with Crippen molar-refractivity contribution in [2.45, 2.75) is 44.4 Å². The zero-order valence-electron chi connectivity index (χ0n) is 12.2. The van der Waals surface area contributed by atoms with Gasteiger partial charge in [-0.25, -0.2) is 0 Å². The van der Waals surface area contributed by atoms with Gasteiger partial charge in [0.1, 0.15) is 0 Å². The molecule has 0 amide bonds. The number of rotatable bonds is 5. The Morgan fingerprint density at radius 3 is 2.61 bits per heavy atom. The van der Waals surface area contributed by atoms with E-state index in [0.717, 1.165) is 30.8 Å². The summed E-state index contributed by atoms with van der Waals surface area (Å²) in [6.07, 6.45) is 2.69. The second-order valence-electron chi connectivity index (χ2n) is 5.69. The fourth-order valence-electron chi connectivity index (χ4n) is 1.85. The number of hydrogen-bond acceptors (Lipinski definition) is 3. The van der Waals surface area contributed by atoms with Gasteiger partial charge in [0, 0.05) is 37.5 Å². The lowest BCUT2D eigenvalue weighted by molar-refractivity contribution is 0.428. The van der Waals surface area contributed by atoms with Gasteiger partial charge in [0.2, 0.25) is 0 Å². The van der Waals surface area contributed by atoms with Crippen molar-refractivity contribution in [1.29, 1.82) is 0 Å². The molecular formula is C13H28N4S. The molecule has 0 aliphatic carbocycles. The highest BCUT2D eigenvalue weighted by Gasteiger charge is 2.15. The third-order valence-corrected chi connectivity index (χ3v) is 4.22. The first-order chi connectivity index (χ1) is 8.51. The molecule has 4 nitrogen and oxygen atoms in total. The molecule has 1 atom stereocenters. The number of nitrogens with zero attached hydrogens (tertiary/aromatic N) is 1. The second-order valence-corrected chi connectivity index (χ2v) is 7.10. The lowest BCUT2D eigenvalue weighted by Gasteiger charge is -2.21. The van der Waals surface area contributed by atoms with Crippen LogP contribution in [0.2, 0.25) is 0 Å². The number of aliphatic imine (C=N–C) groups is 1. The van der Waals surface area contributed by atoms with Gasteiger partial charge in [-0.2, -0.15) is 11.8 Å². The maximum atomic E-state index is 4.24. The van der Waals surface area contributed by atoms with E-state index in [1.54, 1.807) is 0 Å². The molecule has 1 aliphatic heterocycles. The predicted octanol–water partition coefficient (Wildman–Crippen LogP) is 1.44. The van der Waals surface area contributed by atoms with Crippen LogP contribution in [-0.2, 0) is 0 Å². The molecule has 0 aromatic heterocycles. The molecule has 0 radical (unpaired) electrons. The zero-order chi connectivity index (χ0) is 13.4. The van der Waals surface area contributed by atoms with Gasteiger partial charge in [0.15, 0.2) is 5.96 Å². The van der Waals surface area contributed by atoms with Crippen LogP contribution in [0.5, 0.6) is 0 Å². The van der Waals surface area contributed by atoms with Crippen LogP contribution in [0, 0.1) is 0 Å². The summed E-state index contributed by atoms with van der Waals surface area (Å²) in [5.41, 5.74) is 0.180. The Kier molecular flexibility index (Phi) is 6.86. The molecular weight excluding hydrogens is 244 g/mol. The van der Waals surface area contributed by atoms with E-state index in [1.807, 2.05) is 7.05 Å². The summed E-state index contributed by atoms with van der Waals surface area (Å²) in [5, 5.41) is 10.9. The first-order valence-electron chi connectivity index (χ1n) is 6.82. The third-order valence-electron chi connectivity index (χ3n) is 2.82. The predicted molar refractivity (Wildman–Crippen MR) is 82.6 cm³/mol. The number of nitrogens with one attached hydrogen (secondary N) is 3. The first-order valence-corrected chi connectivity index (χ1v) is 7.87. The van der Waals surface area contributed by atoms with Crippen molar-refractivity contribution in [3.05, 3.63) is 0 Å². The molecule has 1 rings (SSSR count). The SMILES string of the molecule is CN=C(NCCNC(C)(C)C)NCC1CCCS1. The van der Waals surface area contributed by atoms with Crippen molar-refractivity contribution in [2.75, 3.05) is 32.4 Å². The highest BCUT2D eigenvalue weighted by Crippen LogP contribution is 2.25. The molecule has 1 aliphatic rings. The lowest BCUT2D eigenvalue weighted by Crippen LogP contribution is -2.45. The van der Waals surface area contributed by atoms with Gasteiger partial charge >= 0.3 is 0 Å². The van der Waals surface area contributed by atoms with Crippen molar-refractivity contribution >= 4 is 17.7 Å². The van der Waals surface area contributed by atoms with Gasteiger partial charge < -0.3 is 16.0 Å². The Hall–Kier alpha value is -0.420. The van der Waals surface area contributed by atoms with Gasteiger partial charge in [-0.3, -0.25) is 4.99 Å². The van der Waals surface area contributed by atoms with Crippen LogP contribution in [0.15, 0.2) is 4.99 Å². The van der Waals surface area contributed by atoms with Crippen LogP contribution in [-0.4, -0.2) is 49.2 Å². The molecule has 5 heteroatoms. The van der Waals surface area contributed by atoms with Crippen LogP contribution in [0.1, 0.15) is 33.6 Å². The molecule has 18 heavy (non-hydrogen) atoms. The topological polar surface area (TPSA) is 48.5 Å². The van der Waals surface area contributed by atoms with Crippen molar-refractivity contribution in [3.8, 4) is 0 Å². The van der Waals surface area contributed by atoms with E-state index in [4.69, 9.17) is 0 Å². The molecule has 0 spiro atoms. The number of hydrogen-bond donors (Lipinski definition) is 3. The first kappa shape index (κ1) is 15.6. The van der Waals surface area contributed by atoms with Gasteiger partial charge in [0.05, 0.1) is 0 Å². The summed E-state index contributed by atoms with van der Waals surface area (Å²) in [5.74, 6) is 2.23.